The van der Waals surface area contributed by atoms with Gasteiger partial charge < -0.3 is 9.80 Å². The van der Waals surface area contributed by atoms with Crippen LogP contribution in [0.3, 0.4) is 0 Å². The Bertz CT molecular complexity index is 1380. The average molecular weight is 493 g/mol. The predicted octanol–water partition coefficient (Wildman–Crippen LogP) is 5.08. The number of fused-ring (bicyclic) bond motifs is 1. The Balaban J connectivity index is 1.47. The van der Waals surface area contributed by atoms with Crippen LogP contribution in [0.4, 0.5) is 10.2 Å². The molecule has 4 aromatic rings. The summed E-state index contributed by atoms with van der Waals surface area (Å²) in [4.78, 5) is 26.6. The van der Waals surface area contributed by atoms with Crippen LogP contribution in [0.15, 0.2) is 54.7 Å². The smallest absolute Gasteiger partial charge is 0.254 e. The molecule has 1 aliphatic heterocycles. The van der Waals surface area contributed by atoms with Crippen molar-refractivity contribution >= 4 is 34.4 Å². The van der Waals surface area contributed by atoms with Crippen molar-refractivity contribution in [1.82, 2.24) is 24.6 Å². The van der Waals surface area contributed by atoms with E-state index >= 15 is 0 Å². The lowest BCUT2D eigenvalue weighted by atomic mass is 10.1. The third-order valence-corrected chi connectivity index (χ3v) is 6.82. The molecule has 0 radical (unpaired) electrons. The number of aromatic nitrogens is 4. The van der Waals surface area contributed by atoms with Crippen LogP contribution < -0.4 is 4.90 Å². The molecule has 0 bridgehead atoms. The van der Waals surface area contributed by atoms with E-state index < -0.39 is 5.82 Å². The SMILES string of the molecule is CCC(C)c1nc(N2CCN(C(=O)c3cccc(F)c3)CC2)c2cnn(-c3ccccc3Cl)c2n1. The molecule has 180 valence electrons. The van der Waals surface area contributed by atoms with Crippen LogP contribution in [-0.2, 0) is 0 Å². The van der Waals surface area contributed by atoms with Crippen LogP contribution in [0.1, 0.15) is 42.4 Å². The van der Waals surface area contributed by atoms with Crippen LogP contribution in [0.5, 0.6) is 0 Å². The van der Waals surface area contributed by atoms with Crippen molar-refractivity contribution in [2.45, 2.75) is 26.2 Å². The first kappa shape index (κ1) is 23.2. The Labute approximate surface area is 208 Å². The number of para-hydroxylation sites is 1. The van der Waals surface area contributed by atoms with Gasteiger partial charge in [-0.2, -0.15) is 5.10 Å². The van der Waals surface area contributed by atoms with E-state index in [1.807, 2.05) is 24.3 Å². The Kier molecular flexibility index (Phi) is 6.38. The molecule has 7 nitrogen and oxygen atoms in total. The van der Waals surface area contributed by atoms with Crippen molar-refractivity contribution in [2.75, 3.05) is 31.1 Å². The van der Waals surface area contributed by atoms with Gasteiger partial charge in [0.05, 0.1) is 22.3 Å². The van der Waals surface area contributed by atoms with E-state index in [1.54, 1.807) is 27.9 Å². The molecule has 9 heteroatoms. The highest BCUT2D eigenvalue weighted by Gasteiger charge is 2.26. The Morgan fingerprint density at radius 2 is 1.86 bits per heavy atom. The highest BCUT2D eigenvalue weighted by Crippen LogP contribution is 2.31. The molecule has 1 amide bonds. The molecule has 35 heavy (non-hydrogen) atoms. The monoisotopic (exact) mass is 492 g/mol. The van der Waals surface area contributed by atoms with Gasteiger partial charge in [-0.25, -0.2) is 19.0 Å². The maximum atomic E-state index is 13.6. The normalized spacial score (nSPS) is 15.0. The van der Waals surface area contributed by atoms with Gasteiger partial charge >= 0.3 is 0 Å². The number of piperazine rings is 1. The van der Waals surface area contributed by atoms with Crippen molar-refractivity contribution in [3.05, 3.63) is 77.0 Å². The van der Waals surface area contributed by atoms with Gasteiger partial charge in [0.2, 0.25) is 0 Å². The summed E-state index contributed by atoms with van der Waals surface area (Å²) in [6.07, 6.45) is 2.68. The van der Waals surface area contributed by atoms with E-state index in [1.165, 1.54) is 12.1 Å². The van der Waals surface area contributed by atoms with Crippen molar-refractivity contribution in [2.24, 2.45) is 0 Å². The molecule has 1 aliphatic rings. The van der Waals surface area contributed by atoms with Gasteiger partial charge in [0.25, 0.3) is 5.91 Å². The molecule has 1 atom stereocenters. The van der Waals surface area contributed by atoms with E-state index in [0.717, 1.165) is 29.1 Å². The van der Waals surface area contributed by atoms with Gasteiger partial charge in [0.1, 0.15) is 17.5 Å². The largest absolute Gasteiger partial charge is 0.352 e. The van der Waals surface area contributed by atoms with E-state index in [0.29, 0.717) is 42.4 Å². The number of carbonyl (C=O) groups is 1. The fourth-order valence-corrected chi connectivity index (χ4v) is 4.49. The molecule has 0 spiro atoms. The minimum Gasteiger partial charge on any atom is -0.352 e. The Morgan fingerprint density at radius 1 is 1.09 bits per heavy atom. The third kappa shape index (κ3) is 4.46. The molecule has 3 heterocycles. The van der Waals surface area contributed by atoms with E-state index in [9.17, 15) is 9.18 Å². The van der Waals surface area contributed by atoms with Gasteiger partial charge in [-0.3, -0.25) is 4.79 Å². The zero-order valence-electron chi connectivity index (χ0n) is 19.7. The molecule has 2 aromatic carbocycles. The molecule has 0 N–H and O–H groups in total. The van der Waals surface area contributed by atoms with Gasteiger partial charge in [0.15, 0.2) is 5.65 Å². The highest BCUT2D eigenvalue weighted by atomic mass is 35.5. The quantitative estimate of drug-likeness (QED) is 0.388. The lowest BCUT2D eigenvalue weighted by Gasteiger charge is -2.36. The zero-order chi connectivity index (χ0) is 24.5. The number of rotatable bonds is 5. The molecule has 0 saturated carbocycles. The molecular formula is C26H26ClFN6O. The molecule has 1 fully saturated rings. The first-order valence-electron chi connectivity index (χ1n) is 11.8. The minimum atomic E-state index is -0.411. The first-order valence-corrected chi connectivity index (χ1v) is 12.1. The van der Waals surface area contributed by atoms with Crippen LogP contribution in [0.25, 0.3) is 16.7 Å². The van der Waals surface area contributed by atoms with E-state index in [2.05, 4.69) is 23.8 Å². The maximum absolute atomic E-state index is 13.6. The number of amides is 1. The van der Waals surface area contributed by atoms with E-state index in [4.69, 9.17) is 21.6 Å². The Morgan fingerprint density at radius 3 is 2.57 bits per heavy atom. The fraction of sp³-hybridized carbons (Fsp3) is 0.308. The van der Waals surface area contributed by atoms with Crippen LogP contribution in [-0.4, -0.2) is 56.7 Å². The van der Waals surface area contributed by atoms with Crippen molar-refractivity contribution < 1.29 is 9.18 Å². The van der Waals surface area contributed by atoms with Gasteiger partial charge in [0, 0.05) is 37.7 Å². The number of anilines is 1. The van der Waals surface area contributed by atoms with Gasteiger partial charge in [-0.15, -0.1) is 0 Å². The number of hydrogen-bond acceptors (Lipinski definition) is 5. The van der Waals surface area contributed by atoms with E-state index in [-0.39, 0.29) is 11.8 Å². The summed E-state index contributed by atoms with van der Waals surface area (Å²) in [5.41, 5.74) is 1.83. The molecule has 2 aromatic heterocycles. The molecule has 0 aliphatic carbocycles. The zero-order valence-corrected chi connectivity index (χ0v) is 20.4. The first-order chi connectivity index (χ1) is 17.0. The third-order valence-electron chi connectivity index (χ3n) is 6.50. The van der Waals surface area contributed by atoms with Crippen LogP contribution in [0, 0.1) is 5.82 Å². The second-order valence-corrected chi connectivity index (χ2v) is 9.16. The summed E-state index contributed by atoms with van der Waals surface area (Å²) in [7, 11) is 0. The number of halogens is 2. The number of hydrogen-bond donors (Lipinski definition) is 0. The molecular weight excluding hydrogens is 467 g/mol. The second kappa shape index (κ2) is 9.62. The average Bonchev–Trinajstić information content (AvgIpc) is 3.31. The fourth-order valence-electron chi connectivity index (χ4n) is 4.28. The molecule has 1 saturated heterocycles. The van der Waals surface area contributed by atoms with Gasteiger partial charge in [-0.05, 0) is 36.8 Å². The van der Waals surface area contributed by atoms with Crippen LogP contribution >= 0.6 is 11.6 Å². The number of benzene rings is 2. The topological polar surface area (TPSA) is 67.2 Å². The van der Waals surface area contributed by atoms with Crippen molar-refractivity contribution in [3.8, 4) is 5.69 Å². The standard InChI is InChI=1S/C26H26ClFN6O/c1-3-17(2)23-30-24(20-16-29-34(25(20)31-23)22-10-5-4-9-21(22)27)32-11-13-33(14-12-32)26(35)18-7-6-8-19(28)15-18/h4-10,15-17H,3,11-14H2,1-2H3. The summed E-state index contributed by atoms with van der Waals surface area (Å²) in [5.74, 6) is 1.15. The lowest BCUT2D eigenvalue weighted by Crippen LogP contribution is -2.49. The number of carbonyl (C=O) groups excluding carboxylic acids is 1. The lowest BCUT2D eigenvalue weighted by molar-refractivity contribution is 0.0746. The summed E-state index contributed by atoms with van der Waals surface area (Å²) in [6, 6.07) is 13.4. The number of nitrogens with zero attached hydrogens (tertiary/aromatic N) is 6. The van der Waals surface area contributed by atoms with Crippen LogP contribution in [0.2, 0.25) is 5.02 Å². The minimum absolute atomic E-state index is 0.163. The summed E-state index contributed by atoms with van der Waals surface area (Å²) >= 11 is 6.46. The van der Waals surface area contributed by atoms with Crippen molar-refractivity contribution in [1.29, 1.82) is 0 Å². The summed E-state index contributed by atoms with van der Waals surface area (Å²) < 4.78 is 15.4. The van der Waals surface area contributed by atoms with Gasteiger partial charge in [-0.1, -0.05) is 43.6 Å². The second-order valence-electron chi connectivity index (χ2n) is 8.75. The maximum Gasteiger partial charge on any atom is 0.254 e. The van der Waals surface area contributed by atoms with Crippen molar-refractivity contribution in [3.63, 3.8) is 0 Å². The molecule has 1 unspecified atom stereocenters. The summed E-state index contributed by atoms with van der Waals surface area (Å²) in [5, 5.41) is 6.03. The Hall–Kier alpha value is -3.52. The highest BCUT2D eigenvalue weighted by molar-refractivity contribution is 6.32. The summed E-state index contributed by atoms with van der Waals surface area (Å²) in [6.45, 7) is 6.45. The molecule has 5 rings (SSSR count). The predicted molar refractivity (Wildman–Crippen MR) is 135 cm³/mol.